The van der Waals surface area contributed by atoms with Gasteiger partial charge in [0.25, 0.3) is 0 Å². The van der Waals surface area contributed by atoms with Crippen LogP contribution in [0.4, 0.5) is 0 Å². The molecule has 3 nitrogen and oxygen atoms in total. The van der Waals surface area contributed by atoms with E-state index in [0.717, 1.165) is 0 Å². The molecule has 0 aromatic heterocycles. The molecule has 1 fully saturated rings. The van der Waals surface area contributed by atoms with E-state index >= 15 is 0 Å². The summed E-state index contributed by atoms with van der Waals surface area (Å²) in [6, 6.07) is 0.474. The Hall–Kier alpha value is -0.830. The molecule has 0 saturated heterocycles. The van der Waals surface area contributed by atoms with Gasteiger partial charge in [0.2, 0.25) is 0 Å². The normalized spacial score (nSPS) is 23.1. The van der Waals surface area contributed by atoms with Crippen LogP contribution in [0.3, 0.4) is 0 Å². The van der Waals surface area contributed by atoms with E-state index in [1.165, 1.54) is 25.7 Å². The van der Waals surface area contributed by atoms with Crippen LogP contribution in [0.1, 0.15) is 46.5 Å². The fourth-order valence-corrected chi connectivity index (χ4v) is 2.42. The van der Waals surface area contributed by atoms with Gasteiger partial charge in [-0.1, -0.05) is 33.3 Å². The summed E-state index contributed by atoms with van der Waals surface area (Å²) in [5.74, 6) is -0.284. The minimum atomic E-state index is -0.284. The van der Waals surface area contributed by atoms with Crippen LogP contribution in [0.5, 0.6) is 0 Å². The summed E-state index contributed by atoms with van der Waals surface area (Å²) in [6.07, 6.45) is 5.01. The summed E-state index contributed by atoms with van der Waals surface area (Å²) in [7, 11) is 0. The van der Waals surface area contributed by atoms with E-state index in [4.69, 9.17) is 4.74 Å². The molecule has 0 radical (unpaired) electrons. The van der Waals surface area contributed by atoms with Crippen molar-refractivity contribution in [3.05, 3.63) is 12.2 Å². The molecule has 0 heterocycles. The lowest BCUT2D eigenvalue weighted by Gasteiger charge is -2.39. The van der Waals surface area contributed by atoms with Crippen LogP contribution in [-0.2, 0) is 9.53 Å². The molecule has 1 atom stereocenters. The SMILES string of the molecule is C=C(CNC1CCCCC1(C)C)C(=O)OCC. The number of rotatable bonds is 5. The molecule has 1 aliphatic carbocycles. The lowest BCUT2D eigenvalue weighted by molar-refractivity contribution is -0.138. The molecule has 0 aromatic carbocycles. The Labute approximate surface area is 105 Å². The lowest BCUT2D eigenvalue weighted by Crippen LogP contribution is -2.45. The third-order valence-electron chi connectivity index (χ3n) is 3.63. The summed E-state index contributed by atoms with van der Waals surface area (Å²) in [4.78, 5) is 11.4. The summed E-state index contributed by atoms with van der Waals surface area (Å²) in [5.41, 5.74) is 0.834. The Morgan fingerprint density at radius 2 is 2.18 bits per heavy atom. The van der Waals surface area contributed by atoms with Crippen LogP contribution >= 0.6 is 0 Å². The third kappa shape index (κ3) is 4.15. The fraction of sp³-hybridized carbons (Fsp3) is 0.786. The molecule has 3 heteroatoms. The standard InChI is InChI=1S/C14H25NO2/c1-5-17-13(16)11(2)10-15-12-8-6-7-9-14(12,3)4/h12,15H,2,5-10H2,1,3-4H3. The van der Waals surface area contributed by atoms with E-state index in [1.54, 1.807) is 0 Å². The molecule has 1 unspecified atom stereocenters. The molecular weight excluding hydrogens is 214 g/mol. The summed E-state index contributed by atoms with van der Waals surface area (Å²) in [5, 5.41) is 3.45. The van der Waals surface area contributed by atoms with Gasteiger partial charge in [0, 0.05) is 18.2 Å². The van der Waals surface area contributed by atoms with Crippen molar-refractivity contribution in [3.8, 4) is 0 Å². The average Bonchev–Trinajstić information content (AvgIpc) is 2.27. The maximum absolute atomic E-state index is 11.4. The van der Waals surface area contributed by atoms with Crippen LogP contribution in [0.25, 0.3) is 0 Å². The summed E-state index contributed by atoms with van der Waals surface area (Å²) < 4.78 is 4.92. The first kappa shape index (κ1) is 14.2. The Bertz CT molecular complexity index is 284. The van der Waals surface area contributed by atoms with Crippen molar-refractivity contribution in [1.82, 2.24) is 5.32 Å². The number of ether oxygens (including phenoxy) is 1. The molecule has 1 N–H and O–H groups in total. The molecule has 0 spiro atoms. The molecule has 1 rings (SSSR count). The molecule has 0 amide bonds. The van der Waals surface area contributed by atoms with Gasteiger partial charge in [-0.15, -0.1) is 0 Å². The van der Waals surface area contributed by atoms with E-state index < -0.39 is 0 Å². The highest BCUT2D eigenvalue weighted by Crippen LogP contribution is 2.35. The first-order valence-electron chi connectivity index (χ1n) is 6.55. The predicted octanol–water partition coefficient (Wildman–Crippen LogP) is 2.66. The van der Waals surface area contributed by atoms with Crippen molar-refractivity contribution in [1.29, 1.82) is 0 Å². The summed E-state index contributed by atoms with van der Waals surface area (Å²) >= 11 is 0. The van der Waals surface area contributed by atoms with Crippen molar-refractivity contribution in [2.75, 3.05) is 13.2 Å². The number of carbonyl (C=O) groups excluding carboxylic acids is 1. The van der Waals surface area contributed by atoms with E-state index in [9.17, 15) is 4.79 Å². The van der Waals surface area contributed by atoms with Gasteiger partial charge in [-0.3, -0.25) is 0 Å². The molecule has 1 aliphatic rings. The van der Waals surface area contributed by atoms with Crippen molar-refractivity contribution in [2.24, 2.45) is 5.41 Å². The van der Waals surface area contributed by atoms with Gasteiger partial charge >= 0.3 is 5.97 Å². The number of hydrogen-bond acceptors (Lipinski definition) is 3. The smallest absolute Gasteiger partial charge is 0.334 e. The van der Waals surface area contributed by atoms with Gasteiger partial charge in [-0.25, -0.2) is 4.79 Å². The second-order valence-electron chi connectivity index (χ2n) is 5.49. The van der Waals surface area contributed by atoms with Gasteiger partial charge in [-0.2, -0.15) is 0 Å². The van der Waals surface area contributed by atoms with Crippen molar-refractivity contribution in [3.63, 3.8) is 0 Å². The Kier molecular flexibility index (Phi) is 5.19. The fourth-order valence-electron chi connectivity index (χ4n) is 2.42. The minimum Gasteiger partial charge on any atom is -0.463 e. The van der Waals surface area contributed by atoms with Crippen LogP contribution < -0.4 is 5.32 Å². The van der Waals surface area contributed by atoms with Crippen LogP contribution in [0.2, 0.25) is 0 Å². The largest absolute Gasteiger partial charge is 0.463 e. The van der Waals surface area contributed by atoms with E-state index in [1.807, 2.05) is 6.92 Å². The number of carbonyl (C=O) groups is 1. The topological polar surface area (TPSA) is 38.3 Å². The van der Waals surface area contributed by atoms with Gasteiger partial charge in [0.1, 0.15) is 0 Å². The molecule has 98 valence electrons. The van der Waals surface area contributed by atoms with Crippen LogP contribution in [0.15, 0.2) is 12.2 Å². The van der Waals surface area contributed by atoms with Gasteiger partial charge in [0.15, 0.2) is 0 Å². The van der Waals surface area contributed by atoms with Crippen molar-refractivity contribution < 1.29 is 9.53 Å². The Morgan fingerprint density at radius 1 is 1.47 bits per heavy atom. The first-order valence-corrected chi connectivity index (χ1v) is 6.55. The van der Waals surface area contributed by atoms with Crippen molar-refractivity contribution in [2.45, 2.75) is 52.5 Å². The average molecular weight is 239 g/mol. The Balaban J connectivity index is 2.39. The van der Waals surface area contributed by atoms with Crippen LogP contribution in [-0.4, -0.2) is 25.2 Å². The second kappa shape index (κ2) is 6.20. The van der Waals surface area contributed by atoms with E-state index in [0.29, 0.717) is 30.2 Å². The minimum absolute atomic E-state index is 0.284. The van der Waals surface area contributed by atoms with E-state index in [-0.39, 0.29) is 5.97 Å². The molecular formula is C14H25NO2. The maximum Gasteiger partial charge on any atom is 0.334 e. The second-order valence-corrected chi connectivity index (χ2v) is 5.49. The molecule has 0 bridgehead atoms. The Morgan fingerprint density at radius 3 is 2.76 bits per heavy atom. The number of hydrogen-bond donors (Lipinski definition) is 1. The summed E-state index contributed by atoms with van der Waals surface area (Å²) in [6.45, 7) is 11.1. The van der Waals surface area contributed by atoms with Crippen LogP contribution in [0, 0.1) is 5.41 Å². The van der Waals surface area contributed by atoms with Gasteiger partial charge in [0.05, 0.1) is 6.61 Å². The van der Waals surface area contributed by atoms with Gasteiger partial charge in [-0.05, 0) is 25.2 Å². The highest BCUT2D eigenvalue weighted by Gasteiger charge is 2.31. The zero-order valence-electron chi connectivity index (χ0n) is 11.3. The van der Waals surface area contributed by atoms with Gasteiger partial charge < -0.3 is 10.1 Å². The predicted molar refractivity (Wildman–Crippen MR) is 69.8 cm³/mol. The quantitative estimate of drug-likeness (QED) is 0.592. The first-order chi connectivity index (χ1) is 7.97. The highest BCUT2D eigenvalue weighted by atomic mass is 16.5. The third-order valence-corrected chi connectivity index (χ3v) is 3.63. The van der Waals surface area contributed by atoms with E-state index in [2.05, 4.69) is 25.7 Å². The molecule has 0 aliphatic heterocycles. The maximum atomic E-state index is 11.4. The monoisotopic (exact) mass is 239 g/mol. The molecule has 0 aromatic rings. The van der Waals surface area contributed by atoms with Crippen molar-refractivity contribution >= 4 is 5.97 Å². The highest BCUT2D eigenvalue weighted by molar-refractivity contribution is 5.88. The zero-order chi connectivity index (χ0) is 12.9. The number of esters is 1. The zero-order valence-corrected chi connectivity index (χ0v) is 11.3. The molecule has 1 saturated carbocycles. The number of nitrogens with one attached hydrogen (secondary N) is 1. The molecule has 17 heavy (non-hydrogen) atoms. The lowest BCUT2D eigenvalue weighted by atomic mass is 9.73.